The van der Waals surface area contributed by atoms with Gasteiger partial charge in [0.15, 0.2) is 0 Å². The van der Waals surface area contributed by atoms with Crippen molar-refractivity contribution >= 4 is 17.8 Å². The van der Waals surface area contributed by atoms with E-state index in [1.807, 2.05) is 48.5 Å². The molecule has 41 heavy (non-hydrogen) atoms. The van der Waals surface area contributed by atoms with Crippen molar-refractivity contribution in [3.8, 4) is 16.9 Å². The molecule has 1 atom stereocenters. The fourth-order valence-corrected chi connectivity index (χ4v) is 4.82. The number of benzene rings is 3. The van der Waals surface area contributed by atoms with Gasteiger partial charge in [-0.3, -0.25) is 9.59 Å². The average Bonchev–Trinajstić information content (AvgIpc) is 3.28. The minimum absolute atomic E-state index is 0.0709. The quantitative estimate of drug-likeness (QED) is 0.0747. The summed E-state index contributed by atoms with van der Waals surface area (Å²) in [5, 5.41) is 2.24. The molecule has 0 spiro atoms. The Labute approximate surface area is 232 Å². The summed E-state index contributed by atoms with van der Waals surface area (Å²) >= 11 is 0. The third-order valence-corrected chi connectivity index (χ3v) is 6.78. The first-order valence-corrected chi connectivity index (χ1v) is 12.9. The van der Waals surface area contributed by atoms with Crippen molar-refractivity contribution in [1.29, 1.82) is 0 Å². The summed E-state index contributed by atoms with van der Waals surface area (Å²) in [6.07, 6.45) is 1.09. The molecule has 0 saturated heterocycles. The second-order valence-corrected chi connectivity index (χ2v) is 9.58. The number of amides is 1. The number of hydrogen-bond acceptors (Lipinski definition) is 5. The van der Waals surface area contributed by atoms with E-state index in [2.05, 4.69) is 10.1 Å². The van der Waals surface area contributed by atoms with Crippen LogP contribution in [0.25, 0.3) is 11.1 Å². The molecule has 0 saturated carbocycles. The molecule has 0 bridgehead atoms. The number of rotatable bonds is 11. The molecule has 1 amide bonds. The van der Waals surface area contributed by atoms with Gasteiger partial charge in [-0.1, -0.05) is 61.4 Å². The van der Waals surface area contributed by atoms with Crippen molar-refractivity contribution in [3.63, 3.8) is 0 Å². The van der Waals surface area contributed by atoms with Crippen LogP contribution in [-0.2, 0) is 19.1 Å². The van der Waals surface area contributed by atoms with Crippen LogP contribution < -0.4 is 10.1 Å². The summed E-state index contributed by atoms with van der Waals surface area (Å²) in [7, 11) is 0. The van der Waals surface area contributed by atoms with Crippen LogP contribution >= 0.6 is 0 Å². The van der Waals surface area contributed by atoms with Gasteiger partial charge in [0, 0.05) is 19.3 Å². The number of esters is 2. The highest BCUT2D eigenvalue weighted by atomic mass is 19.2. The third kappa shape index (κ3) is 6.55. The number of ether oxygens (including phenoxy) is 2. The fraction of sp³-hybridized carbons (Fsp3) is 0.300. The Morgan fingerprint density at radius 3 is 1.88 bits per heavy atom. The summed E-state index contributed by atoms with van der Waals surface area (Å²) in [5.74, 6) is -15.9. The van der Waals surface area contributed by atoms with E-state index in [4.69, 9.17) is 4.74 Å². The first kappa shape index (κ1) is 29.7. The number of halogens is 5. The Kier molecular flexibility index (Phi) is 9.36. The first-order valence-electron chi connectivity index (χ1n) is 12.9. The number of unbranched alkanes of at least 4 members (excludes halogenated alkanes) is 2. The Balaban J connectivity index is 1.26. The molecule has 3 aromatic rings. The van der Waals surface area contributed by atoms with E-state index in [1.54, 1.807) is 0 Å². The van der Waals surface area contributed by atoms with Crippen LogP contribution in [0.4, 0.5) is 22.0 Å². The molecule has 0 aliphatic heterocycles. The number of carbonyl (C=O) groups excluding carboxylic acids is 3. The SMILES string of the molecule is CC(=O)N[C@@H](CCCCCC(=O)OCC1c2ccccc2-c2ccccc21)C(=O)Oc1c(F)c(F)c(F)c(F)c1F. The molecule has 0 unspecified atom stereocenters. The minimum atomic E-state index is -2.39. The molecular formula is C30H26F5NO5. The Morgan fingerprint density at radius 2 is 1.32 bits per heavy atom. The van der Waals surface area contributed by atoms with Crippen LogP contribution in [0.3, 0.4) is 0 Å². The molecule has 0 radical (unpaired) electrons. The molecule has 1 N–H and O–H groups in total. The molecular weight excluding hydrogens is 549 g/mol. The summed E-state index contributed by atoms with van der Waals surface area (Å²) < 4.78 is 77.9. The van der Waals surface area contributed by atoms with Crippen LogP contribution in [0.15, 0.2) is 48.5 Å². The van der Waals surface area contributed by atoms with Crippen LogP contribution in [0.1, 0.15) is 56.1 Å². The topological polar surface area (TPSA) is 81.7 Å². The summed E-state index contributed by atoms with van der Waals surface area (Å²) in [6.45, 7) is 1.26. The molecule has 0 heterocycles. The van der Waals surface area contributed by atoms with Gasteiger partial charge in [-0.05, 0) is 35.1 Å². The van der Waals surface area contributed by atoms with E-state index in [0.29, 0.717) is 12.8 Å². The predicted octanol–water partition coefficient (Wildman–Crippen LogP) is 6.10. The number of hydrogen-bond donors (Lipinski definition) is 1. The standard InChI is InChI=1S/C30H26F5NO5/c1-16(37)36-22(30(39)41-29-27(34)25(32)24(31)26(33)28(29)35)13-3-2-4-14-23(38)40-15-21-19-11-7-5-9-17(19)18-10-6-8-12-20(18)21/h5-12,21-22H,2-4,13-15H2,1H3,(H,36,37)/t22-/m0/s1. The van der Waals surface area contributed by atoms with Crippen LogP contribution in [0, 0.1) is 29.1 Å². The maximum absolute atomic E-state index is 13.9. The smallest absolute Gasteiger partial charge is 0.334 e. The lowest BCUT2D eigenvalue weighted by Gasteiger charge is -2.17. The molecule has 216 valence electrons. The van der Waals surface area contributed by atoms with Gasteiger partial charge in [0.05, 0.1) is 0 Å². The lowest BCUT2D eigenvalue weighted by molar-refractivity contribution is -0.144. The Bertz CT molecular complexity index is 1400. The normalized spacial score (nSPS) is 12.8. The van der Waals surface area contributed by atoms with Gasteiger partial charge in [-0.2, -0.15) is 8.78 Å². The molecule has 1 aliphatic rings. The third-order valence-electron chi connectivity index (χ3n) is 6.78. The highest BCUT2D eigenvalue weighted by Gasteiger charge is 2.31. The first-order chi connectivity index (χ1) is 19.6. The van der Waals surface area contributed by atoms with Gasteiger partial charge >= 0.3 is 11.9 Å². The van der Waals surface area contributed by atoms with Crippen molar-refractivity contribution in [1.82, 2.24) is 5.32 Å². The zero-order valence-electron chi connectivity index (χ0n) is 21.9. The second-order valence-electron chi connectivity index (χ2n) is 9.58. The molecule has 0 aromatic heterocycles. The van der Waals surface area contributed by atoms with Gasteiger partial charge in [0.25, 0.3) is 0 Å². The van der Waals surface area contributed by atoms with E-state index in [9.17, 15) is 36.3 Å². The Morgan fingerprint density at radius 1 is 0.780 bits per heavy atom. The summed E-state index contributed by atoms with van der Waals surface area (Å²) in [4.78, 5) is 36.4. The minimum Gasteiger partial charge on any atom is -0.465 e. The zero-order chi connectivity index (χ0) is 29.7. The largest absolute Gasteiger partial charge is 0.465 e. The summed E-state index contributed by atoms with van der Waals surface area (Å²) in [6, 6.07) is 14.5. The second kappa shape index (κ2) is 12.9. The predicted molar refractivity (Wildman–Crippen MR) is 137 cm³/mol. The van der Waals surface area contributed by atoms with E-state index in [-0.39, 0.29) is 31.8 Å². The van der Waals surface area contributed by atoms with Gasteiger partial charge in [0.2, 0.25) is 40.7 Å². The number of nitrogens with one attached hydrogen (secondary N) is 1. The van der Waals surface area contributed by atoms with Crippen molar-refractivity contribution in [2.45, 2.75) is 51.0 Å². The molecule has 0 fully saturated rings. The number of carbonyl (C=O) groups is 3. The van der Waals surface area contributed by atoms with Crippen molar-refractivity contribution in [2.24, 2.45) is 0 Å². The van der Waals surface area contributed by atoms with Gasteiger partial charge in [-0.25, -0.2) is 18.0 Å². The van der Waals surface area contributed by atoms with Gasteiger partial charge < -0.3 is 14.8 Å². The molecule has 11 heteroatoms. The maximum Gasteiger partial charge on any atom is 0.334 e. The monoisotopic (exact) mass is 575 g/mol. The van der Waals surface area contributed by atoms with Crippen LogP contribution in [0.2, 0.25) is 0 Å². The lowest BCUT2D eigenvalue weighted by Crippen LogP contribution is -2.42. The van der Waals surface area contributed by atoms with E-state index in [1.165, 1.54) is 0 Å². The van der Waals surface area contributed by atoms with Crippen molar-refractivity contribution in [2.75, 3.05) is 6.61 Å². The van der Waals surface area contributed by atoms with Gasteiger partial charge in [0.1, 0.15) is 12.6 Å². The lowest BCUT2D eigenvalue weighted by atomic mass is 9.98. The molecule has 1 aliphatic carbocycles. The average molecular weight is 576 g/mol. The fourth-order valence-electron chi connectivity index (χ4n) is 4.82. The van der Waals surface area contributed by atoms with Crippen LogP contribution in [-0.4, -0.2) is 30.5 Å². The summed E-state index contributed by atoms with van der Waals surface area (Å²) in [5.41, 5.74) is 4.39. The highest BCUT2D eigenvalue weighted by Crippen LogP contribution is 2.44. The van der Waals surface area contributed by atoms with E-state index in [0.717, 1.165) is 29.2 Å². The zero-order valence-corrected chi connectivity index (χ0v) is 21.9. The van der Waals surface area contributed by atoms with Crippen molar-refractivity contribution < 1.29 is 45.8 Å². The molecule has 3 aromatic carbocycles. The van der Waals surface area contributed by atoms with E-state index >= 15 is 0 Å². The molecule has 4 rings (SSSR count). The van der Waals surface area contributed by atoms with Crippen LogP contribution in [0.5, 0.6) is 5.75 Å². The number of fused-ring (bicyclic) bond motifs is 3. The Hall–Kier alpha value is -4.28. The van der Waals surface area contributed by atoms with Gasteiger partial charge in [-0.15, -0.1) is 0 Å². The van der Waals surface area contributed by atoms with Crippen molar-refractivity contribution in [3.05, 3.63) is 88.7 Å². The molecule has 6 nitrogen and oxygen atoms in total. The maximum atomic E-state index is 13.9. The van der Waals surface area contributed by atoms with E-state index < -0.39 is 58.7 Å². The highest BCUT2D eigenvalue weighted by molar-refractivity contribution is 5.84.